The van der Waals surface area contributed by atoms with Gasteiger partial charge in [0.25, 0.3) is 0 Å². The largest absolute Gasteiger partial charge is 0.455 e. The second-order valence-corrected chi connectivity index (χ2v) is 13.8. The quantitative estimate of drug-likeness (QED) is 0.184. The number of hydrogen-bond acceptors (Lipinski definition) is 1. The smallest absolute Gasteiger partial charge is 0.143 e. The van der Waals surface area contributed by atoms with Crippen LogP contribution in [0, 0.1) is 6.92 Å². The molecule has 0 radical (unpaired) electrons. The van der Waals surface area contributed by atoms with Crippen LogP contribution in [0.15, 0.2) is 180 Å². The van der Waals surface area contributed by atoms with Crippen molar-refractivity contribution in [2.45, 2.75) is 6.92 Å². The van der Waals surface area contributed by atoms with Crippen LogP contribution in [-0.4, -0.2) is 9.13 Å². The molecule has 0 aliphatic rings. The van der Waals surface area contributed by atoms with Gasteiger partial charge in [-0.1, -0.05) is 115 Å². The van der Waals surface area contributed by atoms with E-state index in [0.29, 0.717) is 0 Å². The summed E-state index contributed by atoms with van der Waals surface area (Å²) in [6, 6.07) is 63.6. The van der Waals surface area contributed by atoms with Gasteiger partial charge in [-0.15, -0.1) is 0 Å². The Kier molecular flexibility index (Phi) is 6.17. The molecule has 0 N–H and O–H groups in total. The van der Waals surface area contributed by atoms with Crippen molar-refractivity contribution in [3.63, 3.8) is 0 Å². The van der Waals surface area contributed by atoms with Gasteiger partial charge >= 0.3 is 0 Å². The van der Waals surface area contributed by atoms with Crippen molar-refractivity contribution in [1.82, 2.24) is 9.13 Å². The van der Waals surface area contributed by atoms with Gasteiger partial charge in [-0.25, -0.2) is 0 Å². The van der Waals surface area contributed by atoms with E-state index in [2.05, 4.69) is 186 Å². The summed E-state index contributed by atoms with van der Waals surface area (Å²) in [7, 11) is 0. The third-order valence-corrected chi connectivity index (χ3v) is 10.8. The fourth-order valence-electron chi connectivity index (χ4n) is 8.44. The Bertz CT molecular complexity index is 3190. The number of hydrogen-bond donors (Lipinski definition) is 0. The van der Waals surface area contributed by atoms with Crippen LogP contribution in [-0.2, 0) is 0 Å². The van der Waals surface area contributed by atoms with Crippen molar-refractivity contribution in [3.8, 4) is 33.6 Å². The van der Waals surface area contributed by atoms with Crippen LogP contribution in [0.25, 0.3) is 99.2 Å². The van der Waals surface area contributed by atoms with Crippen LogP contribution in [0.5, 0.6) is 0 Å². The predicted molar refractivity (Wildman–Crippen MR) is 218 cm³/mol. The normalized spacial score (nSPS) is 11.9. The van der Waals surface area contributed by atoms with Gasteiger partial charge in [0, 0.05) is 49.1 Å². The zero-order chi connectivity index (χ0) is 34.3. The summed E-state index contributed by atoms with van der Waals surface area (Å²) in [5.41, 5.74) is 14.8. The highest BCUT2D eigenvalue weighted by Crippen LogP contribution is 2.42. The fraction of sp³-hybridized carbons (Fsp3) is 0.0204. The minimum absolute atomic E-state index is 0.909. The molecule has 244 valence electrons. The Hall–Kier alpha value is -6.84. The van der Waals surface area contributed by atoms with E-state index in [1.807, 2.05) is 6.07 Å². The van der Waals surface area contributed by atoms with Crippen molar-refractivity contribution >= 4 is 65.6 Å². The number of aryl methyl sites for hydroxylation is 1. The van der Waals surface area contributed by atoms with E-state index in [9.17, 15) is 0 Å². The Morgan fingerprint density at radius 2 is 0.962 bits per heavy atom. The molecule has 11 aromatic rings. The molecule has 52 heavy (non-hydrogen) atoms. The Morgan fingerprint density at radius 3 is 1.69 bits per heavy atom. The molecule has 0 aliphatic heterocycles. The van der Waals surface area contributed by atoms with Crippen molar-refractivity contribution < 1.29 is 4.42 Å². The van der Waals surface area contributed by atoms with Crippen LogP contribution >= 0.6 is 0 Å². The molecule has 0 bridgehead atoms. The maximum absolute atomic E-state index is 6.56. The molecule has 3 aromatic heterocycles. The summed E-state index contributed by atoms with van der Waals surface area (Å²) in [6.45, 7) is 2.16. The lowest BCUT2D eigenvalue weighted by atomic mass is 9.98. The van der Waals surface area contributed by atoms with Crippen LogP contribution < -0.4 is 0 Å². The lowest BCUT2D eigenvalue weighted by molar-refractivity contribution is 0.670. The second kappa shape index (κ2) is 11.1. The number of benzene rings is 8. The summed E-state index contributed by atoms with van der Waals surface area (Å²) in [4.78, 5) is 0. The predicted octanol–water partition coefficient (Wildman–Crippen LogP) is 13.4. The SMILES string of the molecule is Cc1ccc(-n2c3ccccc3c3cc(-c4ccc5c(c4)c4ccccc4n5-c4ccccc4)ccc32)c(-c2cccc3c2oc2ccccc23)c1. The van der Waals surface area contributed by atoms with Crippen LogP contribution in [0.2, 0.25) is 0 Å². The molecule has 0 aliphatic carbocycles. The number of nitrogens with zero attached hydrogens (tertiary/aromatic N) is 2. The first-order valence-electron chi connectivity index (χ1n) is 17.9. The van der Waals surface area contributed by atoms with Gasteiger partial charge in [0.15, 0.2) is 0 Å². The maximum atomic E-state index is 6.56. The van der Waals surface area contributed by atoms with Crippen molar-refractivity contribution in [3.05, 3.63) is 181 Å². The van der Waals surface area contributed by atoms with E-state index in [1.54, 1.807) is 0 Å². The number of fused-ring (bicyclic) bond motifs is 9. The van der Waals surface area contributed by atoms with E-state index in [1.165, 1.54) is 66.0 Å². The van der Waals surface area contributed by atoms with Gasteiger partial charge < -0.3 is 13.6 Å². The highest BCUT2D eigenvalue weighted by molar-refractivity contribution is 6.14. The van der Waals surface area contributed by atoms with Crippen molar-refractivity contribution in [1.29, 1.82) is 0 Å². The molecular formula is C49H32N2O. The summed E-state index contributed by atoms with van der Waals surface area (Å²) in [5.74, 6) is 0. The molecule has 0 spiro atoms. The highest BCUT2D eigenvalue weighted by atomic mass is 16.3. The number of rotatable bonds is 4. The average molecular weight is 665 g/mol. The van der Waals surface area contributed by atoms with Gasteiger partial charge in [-0.2, -0.15) is 0 Å². The van der Waals surface area contributed by atoms with Crippen LogP contribution in [0.4, 0.5) is 0 Å². The molecule has 3 heterocycles. The summed E-state index contributed by atoms with van der Waals surface area (Å²) in [6.07, 6.45) is 0. The van der Waals surface area contributed by atoms with E-state index < -0.39 is 0 Å². The first kappa shape index (κ1) is 28.9. The average Bonchev–Trinajstić information content (AvgIpc) is 3.86. The maximum Gasteiger partial charge on any atom is 0.143 e. The zero-order valence-electron chi connectivity index (χ0n) is 28.5. The molecule has 3 nitrogen and oxygen atoms in total. The lowest BCUT2D eigenvalue weighted by Gasteiger charge is -2.15. The van der Waals surface area contributed by atoms with Gasteiger partial charge in [0.1, 0.15) is 11.2 Å². The van der Waals surface area contributed by atoms with E-state index in [-0.39, 0.29) is 0 Å². The molecular weight excluding hydrogens is 633 g/mol. The highest BCUT2D eigenvalue weighted by Gasteiger charge is 2.20. The standard InChI is InChI=1S/C49H32N2O/c1-31-22-25-46(40(28-31)39-18-11-17-38-37-16-7-10-21-48(37)52-49(38)39)51-44-20-9-6-15-36(44)42-30-33(24-27-47(42)51)32-23-26-45-41(29-32)35-14-5-8-19-43(35)50(45)34-12-3-2-4-13-34/h2-30H,1H3. The number of furan rings is 1. The molecule has 3 heteroatoms. The molecule has 0 fully saturated rings. The van der Waals surface area contributed by atoms with Crippen molar-refractivity contribution in [2.75, 3.05) is 0 Å². The Morgan fingerprint density at radius 1 is 0.385 bits per heavy atom. The van der Waals surface area contributed by atoms with E-state index in [0.717, 1.165) is 38.8 Å². The first-order valence-corrected chi connectivity index (χ1v) is 17.9. The number of para-hydroxylation sites is 5. The van der Waals surface area contributed by atoms with Gasteiger partial charge in [-0.05, 0) is 84.8 Å². The lowest BCUT2D eigenvalue weighted by Crippen LogP contribution is -1.98. The first-order chi connectivity index (χ1) is 25.7. The van der Waals surface area contributed by atoms with Crippen molar-refractivity contribution in [2.24, 2.45) is 0 Å². The summed E-state index contributed by atoms with van der Waals surface area (Å²) >= 11 is 0. The molecule has 0 unspecified atom stereocenters. The van der Waals surface area contributed by atoms with Crippen LogP contribution in [0.3, 0.4) is 0 Å². The third-order valence-electron chi connectivity index (χ3n) is 10.8. The van der Waals surface area contributed by atoms with E-state index >= 15 is 0 Å². The molecule has 0 saturated carbocycles. The molecule has 8 aromatic carbocycles. The minimum Gasteiger partial charge on any atom is -0.455 e. The van der Waals surface area contributed by atoms with Crippen LogP contribution in [0.1, 0.15) is 5.56 Å². The minimum atomic E-state index is 0.909. The molecule has 0 saturated heterocycles. The summed E-state index contributed by atoms with van der Waals surface area (Å²) in [5, 5.41) is 7.25. The van der Waals surface area contributed by atoms with Gasteiger partial charge in [0.05, 0.1) is 27.8 Å². The third kappa shape index (κ3) is 4.20. The monoisotopic (exact) mass is 664 g/mol. The van der Waals surface area contributed by atoms with Gasteiger partial charge in [0.2, 0.25) is 0 Å². The number of aromatic nitrogens is 2. The topological polar surface area (TPSA) is 23.0 Å². The summed E-state index contributed by atoms with van der Waals surface area (Å²) < 4.78 is 11.4. The molecule has 11 rings (SSSR count). The van der Waals surface area contributed by atoms with Gasteiger partial charge in [-0.3, -0.25) is 0 Å². The van der Waals surface area contributed by atoms with E-state index in [4.69, 9.17) is 4.42 Å². The zero-order valence-corrected chi connectivity index (χ0v) is 28.5. The molecule has 0 amide bonds. The Balaban J connectivity index is 1.12. The Labute approximate surface area is 300 Å². The molecule has 0 atom stereocenters. The second-order valence-electron chi connectivity index (χ2n) is 13.8. The fourth-order valence-corrected chi connectivity index (χ4v) is 8.44.